The van der Waals surface area contributed by atoms with E-state index in [1.807, 2.05) is 18.2 Å². The number of hydrogen-bond donors (Lipinski definition) is 0. The molecule has 0 atom stereocenters. The lowest BCUT2D eigenvalue weighted by Crippen LogP contribution is -2.21. The third-order valence-electron chi connectivity index (χ3n) is 2.74. The van der Waals surface area contributed by atoms with E-state index in [4.69, 9.17) is 11.6 Å². The highest BCUT2D eigenvalue weighted by atomic mass is 127. The molecule has 0 aromatic heterocycles. The molecular formula is C12H10ClIO2. The van der Waals surface area contributed by atoms with Crippen molar-refractivity contribution in [2.75, 3.05) is 0 Å². The van der Waals surface area contributed by atoms with Crippen LogP contribution in [0.3, 0.4) is 0 Å². The largest absolute Gasteiger partial charge is 0.299 e. The van der Waals surface area contributed by atoms with Crippen LogP contribution in [0.5, 0.6) is 0 Å². The molecule has 0 N–H and O–H groups in total. The fraction of sp³-hybridized carbons (Fsp3) is 0.333. The monoisotopic (exact) mass is 348 g/mol. The minimum Gasteiger partial charge on any atom is -0.299 e. The van der Waals surface area contributed by atoms with Gasteiger partial charge in [-0.25, -0.2) is 0 Å². The Hall–Kier alpha value is -0.420. The van der Waals surface area contributed by atoms with E-state index < -0.39 is 0 Å². The zero-order chi connectivity index (χ0) is 11.7. The van der Waals surface area contributed by atoms with Crippen LogP contribution >= 0.6 is 34.2 Å². The zero-order valence-corrected chi connectivity index (χ0v) is 11.4. The maximum absolute atomic E-state index is 11.4. The summed E-state index contributed by atoms with van der Waals surface area (Å²) >= 11 is 8.31. The van der Waals surface area contributed by atoms with Crippen molar-refractivity contribution in [3.8, 4) is 0 Å². The summed E-state index contributed by atoms with van der Waals surface area (Å²) in [5, 5.41) is 0.652. The molecule has 1 aromatic rings. The minimum atomic E-state index is -0.0294. The van der Waals surface area contributed by atoms with Crippen molar-refractivity contribution in [3.05, 3.63) is 32.4 Å². The van der Waals surface area contributed by atoms with Crippen LogP contribution in [-0.2, 0) is 9.59 Å². The second kappa shape index (κ2) is 4.84. The Bertz CT molecular complexity index is 440. The molecule has 1 aliphatic rings. The highest BCUT2D eigenvalue weighted by molar-refractivity contribution is 14.1. The number of rotatable bonds is 1. The van der Waals surface area contributed by atoms with Gasteiger partial charge in [0.15, 0.2) is 0 Å². The summed E-state index contributed by atoms with van der Waals surface area (Å²) in [6.07, 6.45) is 0.969. The Balaban J connectivity index is 2.29. The van der Waals surface area contributed by atoms with Crippen molar-refractivity contribution in [3.63, 3.8) is 0 Å². The van der Waals surface area contributed by atoms with E-state index in [0.717, 1.165) is 9.13 Å². The van der Waals surface area contributed by atoms with Crippen molar-refractivity contribution in [2.24, 2.45) is 0 Å². The average Bonchev–Trinajstić information content (AvgIpc) is 2.15. The summed E-state index contributed by atoms with van der Waals surface area (Å²) in [5.74, 6) is 0.0185. The number of Topliss-reactive ketones (excluding diaryl/α,β-unsaturated/α-hetero) is 2. The lowest BCUT2D eigenvalue weighted by molar-refractivity contribution is -0.130. The van der Waals surface area contributed by atoms with Gasteiger partial charge in [-0.2, -0.15) is 0 Å². The Morgan fingerprint density at radius 2 is 1.81 bits per heavy atom. The third-order valence-corrected chi connectivity index (χ3v) is 3.74. The molecule has 1 aromatic carbocycles. The molecule has 1 aliphatic carbocycles. The number of hydrogen-bond acceptors (Lipinski definition) is 2. The molecule has 0 unspecified atom stereocenters. The van der Waals surface area contributed by atoms with Gasteiger partial charge < -0.3 is 0 Å². The standard InChI is InChI=1S/C12H10ClIO2/c13-12-5-8(14)1-2-11(12)7-3-9(15)6-10(16)4-7/h1-2,5,7H,3-4,6H2. The van der Waals surface area contributed by atoms with Crippen LogP contribution < -0.4 is 0 Å². The number of carbonyl (C=O) groups excluding carboxylic acids is 2. The predicted octanol–water partition coefficient (Wildman–Crippen LogP) is 3.35. The van der Waals surface area contributed by atoms with Crippen LogP contribution in [0.2, 0.25) is 5.02 Å². The fourth-order valence-electron chi connectivity index (χ4n) is 2.04. The SMILES string of the molecule is O=C1CC(=O)CC(c2ccc(I)cc2Cl)C1. The van der Waals surface area contributed by atoms with E-state index in [0.29, 0.717) is 17.9 Å². The van der Waals surface area contributed by atoms with E-state index in [9.17, 15) is 9.59 Å². The molecule has 0 spiro atoms. The maximum Gasteiger partial charge on any atom is 0.140 e. The summed E-state index contributed by atoms with van der Waals surface area (Å²) < 4.78 is 1.06. The van der Waals surface area contributed by atoms with E-state index in [-0.39, 0.29) is 23.9 Å². The van der Waals surface area contributed by atoms with Gasteiger partial charge in [0.1, 0.15) is 11.6 Å². The first-order chi connectivity index (χ1) is 7.56. The van der Waals surface area contributed by atoms with Crippen molar-refractivity contribution in [1.29, 1.82) is 0 Å². The molecule has 4 heteroatoms. The summed E-state index contributed by atoms with van der Waals surface area (Å²) in [5.41, 5.74) is 0.920. The van der Waals surface area contributed by atoms with E-state index in [1.54, 1.807) is 0 Å². The van der Waals surface area contributed by atoms with Gasteiger partial charge in [-0.05, 0) is 46.2 Å². The first-order valence-corrected chi connectivity index (χ1v) is 6.50. The molecule has 0 bridgehead atoms. The van der Waals surface area contributed by atoms with Crippen molar-refractivity contribution in [1.82, 2.24) is 0 Å². The Labute approximate surface area is 113 Å². The molecule has 84 valence electrons. The molecule has 2 nitrogen and oxygen atoms in total. The molecule has 1 saturated carbocycles. The lowest BCUT2D eigenvalue weighted by atomic mass is 9.83. The van der Waals surface area contributed by atoms with E-state index in [1.165, 1.54) is 0 Å². The second-order valence-corrected chi connectivity index (χ2v) is 5.68. The van der Waals surface area contributed by atoms with Crippen LogP contribution in [0.15, 0.2) is 18.2 Å². The zero-order valence-electron chi connectivity index (χ0n) is 8.50. The third kappa shape index (κ3) is 2.63. The molecule has 0 amide bonds. The highest BCUT2D eigenvalue weighted by Gasteiger charge is 2.27. The first kappa shape index (κ1) is 12.0. The maximum atomic E-state index is 11.4. The summed E-state index contributed by atoms with van der Waals surface area (Å²) in [4.78, 5) is 22.7. The normalized spacial score (nSPS) is 17.9. The summed E-state index contributed by atoms with van der Waals surface area (Å²) in [6, 6.07) is 5.73. The molecule has 16 heavy (non-hydrogen) atoms. The predicted molar refractivity (Wildman–Crippen MR) is 70.8 cm³/mol. The molecular weight excluding hydrogens is 338 g/mol. The van der Waals surface area contributed by atoms with Crippen LogP contribution in [0.1, 0.15) is 30.7 Å². The van der Waals surface area contributed by atoms with Gasteiger partial charge in [-0.3, -0.25) is 9.59 Å². The van der Waals surface area contributed by atoms with E-state index >= 15 is 0 Å². The van der Waals surface area contributed by atoms with Crippen LogP contribution in [-0.4, -0.2) is 11.6 Å². The van der Waals surface area contributed by atoms with Crippen LogP contribution in [0.4, 0.5) is 0 Å². The number of halogens is 2. The second-order valence-electron chi connectivity index (χ2n) is 4.03. The minimum absolute atomic E-state index is 0.0240. The lowest BCUT2D eigenvalue weighted by Gasteiger charge is -2.21. The average molecular weight is 349 g/mol. The number of benzene rings is 1. The highest BCUT2D eigenvalue weighted by Crippen LogP contribution is 2.34. The molecule has 0 saturated heterocycles. The summed E-state index contributed by atoms with van der Waals surface area (Å²) in [6.45, 7) is 0. The van der Waals surface area contributed by atoms with Gasteiger partial charge in [-0.15, -0.1) is 0 Å². The Morgan fingerprint density at radius 3 is 2.38 bits per heavy atom. The molecule has 0 radical (unpaired) electrons. The van der Waals surface area contributed by atoms with Crippen molar-refractivity contribution < 1.29 is 9.59 Å². The molecule has 0 heterocycles. The van der Waals surface area contributed by atoms with Gasteiger partial charge in [-0.1, -0.05) is 17.7 Å². The van der Waals surface area contributed by atoms with E-state index in [2.05, 4.69) is 22.6 Å². The smallest absolute Gasteiger partial charge is 0.140 e. The van der Waals surface area contributed by atoms with Crippen LogP contribution in [0.25, 0.3) is 0 Å². The van der Waals surface area contributed by atoms with Crippen LogP contribution in [0, 0.1) is 3.57 Å². The quantitative estimate of drug-likeness (QED) is 0.576. The Kier molecular flexibility index (Phi) is 3.64. The van der Waals surface area contributed by atoms with Gasteiger partial charge in [0.25, 0.3) is 0 Å². The van der Waals surface area contributed by atoms with Gasteiger partial charge in [0.05, 0.1) is 6.42 Å². The summed E-state index contributed by atoms with van der Waals surface area (Å²) in [7, 11) is 0. The molecule has 2 rings (SSSR count). The fourth-order valence-corrected chi connectivity index (χ4v) is 3.05. The van der Waals surface area contributed by atoms with Gasteiger partial charge in [0, 0.05) is 21.4 Å². The topological polar surface area (TPSA) is 34.1 Å². The van der Waals surface area contributed by atoms with Gasteiger partial charge in [0.2, 0.25) is 0 Å². The number of ketones is 2. The van der Waals surface area contributed by atoms with Crippen molar-refractivity contribution in [2.45, 2.75) is 25.2 Å². The number of carbonyl (C=O) groups is 2. The molecule has 0 aliphatic heterocycles. The van der Waals surface area contributed by atoms with Gasteiger partial charge >= 0.3 is 0 Å². The van der Waals surface area contributed by atoms with Crippen molar-refractivity contribution >= 4 is 45.8 Å². The Morgan fingerprint density at radius 1 is 1.19 bits per heavy atom. The molecule has 1 fully saturated rings. The first-order valence-electron chi connectivity index (χ1n) is 5.04.